The molecular weight excluding hydrogens is 288 g/mol. The van der Waals surface area contributed by atoms with E-state index in [0.717, 1.165) is 29.5 Å². The number of rotatable bonds is 6. The Kier molecular flexibility index (Phi) is 5.47. The second-order valence-electron chi connectivity index (χ2n) is 4.86. The van der Waals surface area contributed by atoms with Crippen LogP contribution in [0.1, 0.15) is 17.5 Å². The summed E-state index contributed by atoms with van der Waals surface area (Å²) in [5, 5.41) is 2.59. The quantitative estimate of drug-likeness (QED) is 0.890. The van der Waals surface area contributed by atoms with Gasteiger partial charge in [-0.2, -0.15) is 0 Å². The molecule has 2 aromatic rings. The van der Waals surface area contributed by atoms with Crippen LogP contribution in [-0.4, -0.2) is 13.0 Å². The van der Waals surface area contributed by atoms with Gasteiger partial charge in [0.25, 0.3) is 0 Å². The minimum atomic E-state index is -0.533. The molecule has 3 nitrogen and oxygen atoms in total. The van der Waals surface area contributed by atoms with E-state index in [9.17, 15) is 13.6 Å². The van der Waals surface area contributed by atoms with Crippen molar-refractivity contribution >= 4 is 5.91 Å². The lowest BCUT2D eigenvalue weighted by Crippen LogP contribution is -2.23. The minimum Gasteiger partial charge on any atom is -0.497 e. The van der Waals surface area contributed by atoms with Crippen molar-refractivity contribution in [3.05, 3.63) is 65.2 Å². The molecule has 0 unspecified atom stereocenters. The molecule has 0 saturated heterocycles. The van der Waals surface area contributed by atoms with E-state index < -0.39 is 11.6 Å². The summed E-state index contributed by atoms with van der Waals surface area (Å²) in [5.41, 5.74) is 1.11. The fraction of sp³-hybridized carbons (Fsp3) is 0.235. The first-order valence-corrected chi connectivity index (χ1v) is 6.92. The van der Waals surface area contributed by atoms with Crippen LogP contribution in [0.3, 0.4) is 0 Å². The highest BCUT2D eigenvalue weighted by Gasteiger charge is 2.07. The molecule has 0 atom stereocenters. The molecule has 0 bridgehead atoms. The lowest BCUT2D eigenvalue weighted by atomic mass is 10.1. The van der Waals surface area contributed by atoms with Crippen molar-refractivity contribution in [1.29, 1.82) is 0 Å². The topological polar surface area (TPSA) is 38.3 Å². The van der Waals surface area contributed by atoms with Crippen LogP contribution in [0.15, 0.2) is 42.5 Å². The third-order valence-electron chi connectivity index (χ3n) is 3.26. The van der Waals surface area contributed by atoms with Gasteiger partial charge in [-0.05, 0) is 42.3 Å². The van der Waals surface area contributed by atoms with Gasteiger partial charge in [-0.1, -0.05) is 12.1 Å². The van der Waals surface area contributed by atoms with E-state index in [1.807, 2.05) is 24.3 Å². The number of methoxy groups -OCH3 is 1. The van der Waals surface area contributed by atoms with E-state index in [-0.39, 0.29) is 24.4 Å². The van der Waals surface area contributed by atoms with Crippen LogP contribution in [0.25, 0.3) is 0 Å². The van der Waals surface area contributed by atoms with Crippen LogP contribution in [-0.2, 0) is 17.8 Å². The van der Waals surface area contributed by atoms with Crippen LogP contribution in [0, 0.1) is 11.6 Å². The first-order chi connectivity index (χ1) is 10.6. The highest BCUT2D eigenvalue weighted by atomic mass is 19.1. The van der Waals surface area contributed by atoms with Crippen LogP contribution in [0.2, 0.25) is 0 Å². The van der Waals surface area contributed by atoms with Crippen molar-refractivity contribution in [2.45, 2.75) is 19.4 Å². The Morgan fingerprint density at radius 2 is 2.00 bits per heavy atom. The molecule has 0 saturated carbocycles. The van der Waals surface area contributed by atoms with Gasteiger partial charge in [0.05, 0.1) is 7.11 Å². The lowest BCUT2D eigenvalue weighted by molar-refractivity contribution is -0.121. The van der Waals surface area contributed by atoms with Gasteiger partial charge in [0.1, 0.15) is 17.4 Å². The van der Waals surface area contributed by atoms with Crippen molar-refractivity contribution in [3.8, 4) is 5.75 Å². The number of hydrogen-bond donors (Lipinski definition) is 1. The summed E-state index contributed by atoms with van der Waals surface area (Å²) in [6.45, 7) is -0.0272. The van der Waals surface area contributed by atoms with Gasteiger partial charge >= 0.3 is 0 Å². The molecule has 0 aromatic heterocycles. The molecular formula is C17H17F2NO2. The van der Waals surface area contributed by atoms with Crippen LogP contribution in [0.4, 0.5) is 8.78 Å². The summed E-state index contributed by atoms with van der Waals surface area (Å²) in [5.74, 6) is -0.539. The molecule has 0 spiro atoms. The Morgan fingerprint density at radius 1 is 1.18 bits per heavy atom. The van der Waals surface area contributed by atoms with E-state index in [1.165, 1.54) is 0 Å². The average Bonchev–Trinajstić information content (AvgIpc) is 2.54. The summed E-state index contributed by atoms with van der Waals surface area (Å²) < 4.78 is 31.6. The number of ether oxygens (including phenoxy) is 1. The van der Waals surface area contributed by atoms with Crippen molar-refractivity contribution in [3.63, 3.8) is 0 Å². The Morgan fingerprint density at radius 3 is 2.77 bits per heavy atom. The van der Waals surface area contributed by atoms with Gasteiger partial charge < -0.3 is 10.1 Å². The summed E-state index contributed by atoms with van der Waals surface area (Å²) in [6.07, 6.45) is 0.818. The molecule has 0 aliphatic heterocycles. The van der Waals surface area contributed by atoms with Crippen molar-refractivity contribution < 1.29 is 18.3 Å². The van der Waals surface area contributed by atoms with Gasteiger partial charge in [-0.3, -0.25) is 4.79 Å². The fourth-order valence-corrected chi connectivity index (χ4v) is 2.05. The highest BCUT2D eigenvalue weighted by Crippen LogP contribution is 2.14. The van der Waals surface area contributed by atoms with E-state index in [2.05, 4.69) is 5.32 Å². The van der Waals surface area contributed by atoms with Gasteiger partial charge in [0.15, 0.2) is 0 Å². The standard InChI is InChI=1S/C17H17F2NO2/c1-22-15-4-2-3-12(9-15)5-8-17(21)20-11-13-10-14(18)6-7-16(13)19/h2-4,6-7,9-10H,5,8,11H2,1H3,(H,20,21). The van der Waals surface area contributed by atoms with Crippen molar-refractivity contribution in [2.24, 2.45) is 0 Å². The van der Waals surface area contributed by atoms with Gasteiger partial charge in [-0.25, -0.2) is 8.78 Å². The molecule has 0 heterocycles. The molecule has 5 heteroatoms. The maximum atomic E-state index is 13.4. The number of aryl methyl sites for hydroxylation is 1. The molecule has 0 radical (unpaired) electrons. The zero-order valence-electron chi connectivity index (χ0n) is 12.2. The molecule has 0 aliphatic carbocycles. The molecule has 22 heavy (non-hydrogen) atoms. The molecule has 116 valence electrons. The third kappa shape index (κ3) is 4.55. The number of nitrogens with one attached hydrogen (secondary N) is 1. The first-order valence-electron chi connectivity index (χ1n) is 6.92. The average molecular weight is 305 g/mol. The minimum absolute atomic E-state index is 0.0272. The smallest absolute Gasteiger partial charge is 0.220 e. The van der Waals surface area contributed by atoms with Crippen LogP contribution >= 0.6 is 0 Å². The van der Waals surface area contributed by atoms with Gasteiger partial charge in [-0.15, -0.1) is 0 Å². The molecule has 0 fully saturated rings. The van der Waals surface area contributed by atoms with E-state index >= 15 is 0 Å². The summed E-state index contributed by atoms with van der Waals surface area (Å²) in [4.78, 5) is 11.8. The highest BCUT2D eigenvalue weighted by molar-refractivity contribution is 5.76. The first kappa shape index (κ1) is 15.9. The number of carbonyl (C=O) groups excluding carboxylic acids is 1. The molecule has 0 aliphatic rings. The fourth-order valence-electron chi connectivity index (χ4n) is 2.05. The summed E-state index contributed by atoms with van der Waals surface area (Å²) in [6, 6.07) is 10.6. The maximum Gasteiger partial charge on any atom is 0.220 e. The SMILES string of the molecule is COc1cccc(CCC(=O)NCc2cc(F)ccc2F)c1. The second kappa shape index (κ2) is 7.54. The lowest BCUT2D eigenvalue weighted by Gasteiger charge is -2.07. The Balaban J connectivity index is 1.84. The predicted octanol–water partition coefficient (Wildman–Crippen LogP) is 3.22. The number of hydrogen-bond acceptors (Lipinski definition) is 2. The largest absolute Gasteiger partial charge is 0.497 e. The normalized spacial score (nSPS) is 10.3. The Bertz CT molecular complexity index is 659. The zero-order chi connectivity index (χ0) is 15.9. The van der Waals surface area contributed by atoms with Gasteiger partial charge in [0, 0.05) is 18.5 Å². The molecule has 2 rings (SSSR count). The monoisotopic (exact) mass is 305 g/mol. The second-order valence-corrected chi connectivity index (χ2v) is 4.86. The Labute approximate surface area is 127 Å². The number of carbonyl (C=O) groups is 1. The maximum absolute atomic E-state index is 13.4. The van der Waals surface area contributed by atoms with E-state index in [4.69, 9.17) is 4.74 Å². The zero-order valence-corrected chi connectivity index (χ0v) is 12.2. The third-order valence-corrected chi connectivity index (χ3v) is 3.26. The van der Waals surface area contributed by atoms with E-state index in [0.29, 0.717) is 6.42 Å². The number of amides is 1. The van der Waals surface area contributed by atoms with Crippen LogP contribution in [0.5, 0.6) is 5.75 Å². The van der Waals surface area contributed by atoms with Gasteiger partial charge in [0.2, 0.25) is 5.91 Å². The number of benzene rings is 2. The number of halogens is 2. The summed E-state index contributed by atoms with van der Waals surface area (Å²) >= 11 is 0. The predicted molar refractivity (Wildman–Crippen MR) is 79.5 cm³/mol. The van der Waals surface area contributed by atoms with Crippen molar-refractivity contribution in [2.75, 3.05) is 7.11 Å². The summed E-state index contributed by atoms with van der Waals surface area (Å²) in [7, 11) is 1.58. The molecule has 1 N–H and O–H groups in total. The van der Waals surface area contributed by atoms with E-state index in [1.54, 1.807) is 7.11 Å². The van der Waals surface area contributed by atoms with Crippen LogP contribution < -0.4 is 10.1 Å². The Hall–Kier alpha value is -2.43. The molecule has 1 amide bonds. The molecule has 2 aromatic carbocycles. The van der Waals surface area contributed by atoms with Crippen molar-refractivity contribution in [1.82, 2.24) is 5.32 Å².